The molecule has 1 aliphatic heterocycles. The third-order valence-electron chi connectivity index (χ3n) is 3.46. The summed E-state index contributed by atoms with van der Waals surface area (Å²) in [4.78, 5) is 9.11. The third-order valence-corrected chi connectivity index (χ3v) is 3.46. The number of imidazole rings is 1. The number of pyridine rings is 1. The Morgan fingerprint density at radius 3 is 3.00 bits per heavy atom. The fraction of sp³-hybridized carbons (Fsp3) is 0.538. The molecule has 0 saturated carbocycles. The van der Waals surface area contributed by atoms with Crippen molar-refractivity contribution in [1.29, 1.82) is 0 Å². The van der Waals surface area contributed by atoms with Gasteiger partial charge in [0.1, 0.15) is 16.9 Å². The Kier molecular flexibility index (Phi) is 2.60. The molecule has 1 aliphatic rings. The van der Waals surface area contributed by atoms with Gasteiger partial charge in [-0.05, 0) is 32.4 Å². The van der Waals surface area contributed by atoms with Crippen LogP contribution in [0.3, 0.4) is 0 Å². The standard InChI is InChI=1S/C13H18N4O/c1-9(2)17-11-10(4-3-6-15-11)16-12(17)13(14)5-7-18-8-13/h3-4,6,9H,5,7-8,14H2,1-2H3. The summed E-state index contributed by atoms with van der Waals surface area (Å²) in [5.41, 5.74) is 7.77. The number of nitrogens with two attached hydrogens (primary N) is 1. The van der Waals surface area contributed by atoms with Crippen LogP contribution in [0, 0.1) is 0 Å². The van der Waals surface area contributed by atoms with E-state index in [1.807, 2.05) is 12.1 Å². The molecule has 0 bridgehead atoms. The van der Waals surface area contributed by atoms with Gasteiger partial charge in [0.05, 0.1) is 6.61 Å². The summed E-state index contributed by atoms with van der Waals surface area (Å²) < 4.78 is 7.58. The summed E-state index contributed by atoms with van der Waals surface area (Å²) in [7, 11) is 0. The van der Waals surface area contributed by atoms with Crippen LogP contribution in [0.1, 0.15) is 32.1 Å². The highest BCUT2D eigenvalue weighted by atomic mass is 16.5. The molecule has 0 spiro atoms. The van der Waals surface area contributed by atoms with E-state index in [1.165, 1.54) is 0 Å². The summed E-state index contributed by atoms with van der Waals surface area (Å²) in [5, 5.41) is 0. The average molecular weight is 246 g/mol. The summed E-state index contributed by atoms with van der Waals surface area (Å²) in [6.45, 7) is 5.48. The quantitative estimate of drug-likeness (QED) is 0.873. The first kappa shape index (κ1) is 11.6. The molecule has 2 aromatic heterocycles. The second-order valence-electron chi connectivity index (χ2n) is 5.20. The van der Waals surface area contributed by atoms with E-state index in [1.54, 1.807) is 6.20 Å². The molecule has 1 unspecified atom stereocenters. The van der Waals surface area contributed by atoms with Crippen LogP contribution in [-0.4, -0.2) is 27.7 Å². The van der Waals surface area contributed by atoms with Gasteiger partial charge in [0.2, 0.25) is 0 Å². The highest BCUT2D eigenvalue weighted by Gasteiger charge is 2.38. The van der Waals surface area contributed by atoms with Gasteiger partial charge in [0.25, 0.3) is 0 Å². The lowest BCUT2D eigenvalue weighted by Gasteiger charge is -2.24. The Morgan fingerprint density at radius 2 is 2.33 bits per heavy atom. The number of ether oxygens (including phenoxy) is 1. The van der Waals surface area contributed by atoms with E-state index in [9.17, 15) is 0 Å². The van der Waals surface area contributed by atoms with Crippen molar-refractivity contribution < 1.29 is 4.74 Å². The van der Waals surface area contributed by atoms with E-state index >= 15 is 0 Å². The van der Waals surface area contributed by atoms with Gasteiger partial charge >= 0.3 is 0 Å². The summed E-state index contributed by atoms with van der Waals surface area (Å²) >= 11 is 0. The second kappa shape index (κ2) is 4.03. The van der Waals surface area contributed by atoms with E-state index in [2.05, 4.69) is 28.4 Å². The molecule has 5 heteroatoms. The molecule has 0 aromatic carbocycles. The summed E-state index contributed by atoms with van der Waals surface area (Å²) in [5.74, 6) is 0.892. The number of hydrogen-bond acceptors (Lipinski definition) is 4. The van der Waals surface area contributed by atoms with Gasteiger partial charge in [-0.1, -0.05) is 0 Å². The summed E-state index contributed by atoms with van der Waals surface area (Å²) in [6, 6.07) is 4.16. The number of nitrogens with zero attached hydrogens (tertiary/aromatic N) is 3. The predicted octanol–water partition coefficient (Wildman–Crippen LogP) is 1.59. The molecule has 5 nitrogen and oxygen atoms in total. The van der Waals surface area contributed by atoms with Crippen LogP contribution < -0.4 is 5.73 Å². The Balaban J connectivity index is 2.24. The van der Waals surface area contributed by atoms with Crippen molar-refractivity contribution in [3.05, 3.63) is 24.2 Å². The van der Waals surface area contributed by atoms with Gasteiger partial charge in [-0.15, -0.1) is 0 Å². The molecular formula is C13H18N4O. The normalized spacial score (nSPS) is 24.2. The maximum atomic E-state index is 6.45. The van der Waals surface area contributed by atoms with Crippen molar-refractivity contribution in [1.82, 2.24) is 14.5 Å². The third kappa shape index (κ3) is 1.62. The van der Waals surface area contributed by atoms with Crippen LogP contribution in [-0.2, 0) is 10.3 Å². The number of rotatable bonds is 2. The van der Waals surface area contributed by atoms with Crippen molar-refractivity contribution in [2.45, 2.75) is 31.8 Å². The minimum atomic E-state index is -0.481. The van der Waals surface area contributed by atoms with Crippen molar-refractivity contribution >= 4 is 11.2 Å². The van der Waals surface area contributed by atoms with Crippen LogP contribution in [0.2, 0.25) is 0 Å². The van der Waals surface area contributed by atoms with Crippen LogP contribution in [0.4, 0.5) is 0 Å². The highest BCUT2D eigenvalue weighted by molar-refractivity contribution is 5.71. The van der Waals surface area contributed by atoms with Crippen LogP contribution in [0.5, 0.6) is 0 Å². The fourth-order valence-electron chi connectivity index (χ4n) is 2.53. The Bertz CT molecular complexity index is 569. The molecule has 1 saturated heterocycles. The van der Waals surface area contributed by atoms with Crippen LogP contribution in [0.25, 0.3) is 11.2 Å². The first-order chi connectivity index (χ1) is 8.62. The highest BCUT2D eigenvalue weighted by Crippen LogP contribution is 2.31. The van der Waals surface area contributed by atoms with E-state index in [0.717, 1.165) is 23.4 Å². The van der Waals surface area contributed by atoms with E-state index < -0.39 is 5.54 Å². The van der Waals surface area contributed by atoms with E-state index in [-0.39, 0.29) is 6.04 Å². The van der Waals surface area contributed by atoms with Crippen LogP contribution >= 0.6 is 0 Å². The Labute approximate surface area is 106 Å². The average Bonchev–Trinajstić information content (AvgIpc) is 2.93. The molecule has 18 heavy (non-hydrogen) atoms. The van der Waals surface area contributed by atoms with Crippen molar-refractivity contribution in [2.75, 3.05) is 13.2 Å². The zero-order valence-corrected chi connectivity index (χ0v) is 10.8. The molecule has 2 aromatic rings. The largest absolute Gasteiger partial charge is 0.379 e. The zero-order chi connectivity index (χ0) is 12.8. The Hall–Kier alpha value is -1.46. The lowest BCUT2D eigenvalue weighted by Crippen LogP contribution is -2.40. The lowest BCUT2D eigenvalue weighted by atomic mass is 9.99. The predicted molar refractivity (Wildman–Crippen MR) is 69.2 cm³/mol. The molecular weight excluding hydrogens is 228 g/mol. The fourth-order valence-corrected chi connectivity index (χ4v) is 2.53. The molecule has 3 rings (SSSR count). The van der Waals surface area contributed by atoms with Gasteiger partial charge in [0, 0.05) is 18.8 Å². The lowest BCUT2D eigenvalue weighted by molar-refractivity contribution is 0.175. The van der Waals surface area contributed by atoms with Gasteiger partial charge in [-0.2, -0.15) is 0 Å². The van der Waals surface area contributed by atoms with Crippen LogP contribution in [0.15, 0.2) is 18.3 Å². The van der Waals surface area contributed by atoms with E-state index in [0.29, 0.717) is 13.2 Å². The first-order valence-electron chi connectivity index (χ1n) is 6.32. The maximum absolute atomic E-state index is 6.45. The zero-order valence-electron chi connectivity index (χ0n) is 10.8. The molecule has 1 atom stereocenters. The van der Waals surface area contributed by atoms with Crippen molar-refractivity contribution in [3.63, 3.8) is 0 Å². The topological polar surface area (TPSA) is 66.0 Å². The van der Waals surface area contributed by atoms with E-state index in [4.69, 9.17) is 10.5 Å². The van der Waals surface area contributed by atoms with Gasteiger partial charge < -0.3 is 15.0 Å². The van der Waals surface area contributed by atoms with Crippen molar-refractivity contribution in [2.24, 2.45) is 5.73 Å². The van der Waals surface area contributed by atoms with Gasteiger partial charge in [0.15, 0.2) is 5.65 Å². The smallest absolute Gasteiger partial charge is 0.160 e. The van der Waals surface area contributed by atoms with Gasteiger partial charge in [-0.3, -0.25) is 0 Å². The minimum absolute atomic E-state index is 0.279. The first-order valence-corrected chi connectivity index (χ1v) is 6.32. The minimum Gasteiger partial charge on any atom is -0.379 e. The van der Waals surface area contributed by atoms with Gasteiger partial charge in [-0.25, -0.2) is 9.97 Å². The molecule has 3 heterocycles. The number of aromatic nitrogens is 3. The monoisotopic (exact) mass is 246 g/mol. The second-order valence-corrected chi connectivity index (χ2v) is 5.20. The molecule has 1 fully saturated rings. The number of fused-ring (bicyclic) bond motifs is 1. The number of hydrogen-bond donors (Lipinski definition) is 1. The Morgan fingerprint density at radius 1 is 1.50 bits per heavy atom. The molecule has 96 valence electrons. The molecule has 0 amide bonds. The van der Waals surface area contributed by atoms with Crippen molar-refractivity contribution in [3.8, 4) is 0 Å². The molecule has 2 N–H and O–H groups in total. The maximum Gasteiger partial charge on any atom is 0.160 e. The SMILES string of the molecule is CC(C)n1c(C2(N)CCOC2)nc2cccnc21. The molecule has 0 aliphatic carbocycles. The molecule has 0 radical (unpaired) electrons. The summed E-state index contributed by atoms with van der Waals surface area (Å²) in [6.07, 6.45) is 2.60.